The number of hydrogen-bond donors (Lipinski definition) is 3. The van der Waals surface area contributed by atoms with Crippen molar-refractivity contribution >= 4 is 28.9 Å². The number of carbonyl (C=O) groups excluding carboxylic acids is 2. The van der Waals surface area contributed by atoms with E-state index in [0.717, 1.165) is 22.7 Å². The van der Waals surface area contributed by atoms with Crippen molar-refractivity contribution in [1.82, 2.24) is 0 Å². The van der Waals surface area contributed by atoms with E-state index in [1.165, 1.54) is 0 Å². The molecule has 0 aromatic heterocycles. The molecule has 6 nitrogen and oxygen atoms in total. The van der Waals surface area contributed by atoms with Crippen molar-refractivity contribution in [2.24, 2.45) is 0 Å². The summed E-state index contributed by atoms with van der Waals surface area (Å²) in [5.41, 5.74) is 2.99. The maximum Gasteiger partial charge on any atom is 0.243 e. The first-order valence-corrected chi connectivity index (χ1v) is 9.81. The molecule has 0 atom stereocenters. The van der Waals surface area contributed by atoms with Gasteiger partial charge in [0.2, 0.25) is 11.8 Å². The van der Waals surface area contributed by atoms with Crippen LogP contribution in [0.2, 0.25) is 0 Å². The Bertz CT molecular complexity index is 1000. The molecule has 0 saturated carbocycles. The summed E-state index contributed by atoms with van der Waals surface area (Å²) in [6, 6.07) is 22.4. The second-order valence-corrected chi connectivity index (χ2v) is 6.72. The molecule has 0 radical (unpaired) electrons. The molecule has 0 unspecified atom stereocenters. The molecular weight excluding hydrogens is 378 g/mol. The minimum atomic E-state index is -0.179. The number of nitrogens with one attached hydrogen (secondary N) is 3. The van der Waals surface area contributed by atoms with Crippen LogP contribution in [0.4, 0.5) is 17.1 Å². The van der Waals surface area contributed by atoms with Gasteiger partial charge in [0, 0.05) is 23.5 Å². The lowest BCUT2D eigenvalue weighted by Gasteiger charge is -2.14. The van der Waals surface area contributed by atoms with Crippen molar-refractivity contribution < 1.29 is 14.3 Å². The molecular formula is C24H25N3O3. The van der Waals surface area contributed by atoms with Crippen LogP contribution in [0, 0.1) is 6.92 Å². The molecule has 0 spiro atoms. The lowest BCUT2D eigenvalue weighted by Crippen LogP contribution is -2.22. The van der Waals surface area contributed by atoms with E-state index in [-0.39, 0.29) is 18.4 Å². The summed E-state index contributed by atoms with van der Waals surface area (Å²) < 4.78 is 5.76. The molecule has 3 N–H and O–H groups in total. The molecule has 0 bridgehead atoms. The first kappa shape index (κ1) is 20.9. The van der Waals surface area contributed by atoms with Gasteiger partial charge in [-0.05, 0) is 61.0 Å². The van der Waals surface area contributed by atoms with E-state index in [2.05, 4.69) is 16.0 Å². The van der Waals surface area contributed by atoms with Crippen LogP contribution in [0.5, 0.6) is 11.5 Å². The van der Waals surface area contributed by atoms with E-state index in [1.807, 2.05) is 73.7 Å². The zero-order valence-corrected chi connectivity index (χ0v) is 17.1. The molecule has 0 fully saturated rings. The Morgan fingerprint density at radius 3 is 2.00 bits per heavy atom. The van der Waals surface area contributed by atoms with Crippen molar-refractivity contribution in [2.45, 2.75) is 20.3 Å². The van der Waals surface area contributed by atoms with Gasteiger partial charge in [0.1, 0.15) is 11.5 Å². The molecule has 0 heterocycles. The van der Waals surface area contributed by atoms with Crippen LogP contribution in [0.1, 0.15) is 18.9 Å². The summed E-state index contributed by atoms with van der Waals surface area (Å²) in [5, 5.41) is 8.81. The lowest BCUT2D eigenvalue weighted by atomic mass is 10.1. The van der Waals surface area contributed by atoms with Crippen molar-refractivity contribution in [1.29, 1.82) is 0 Å². The topological polar surface area (TPSA) is 79.5 Å². The normalized spacial score (nSPS) is 10.2. The Morgan fingerprint density at radius 2 is 1.37 bits per heavy atom. The molecule has 6 heteroatoms. The molecule has 0 saturated heterocycles. The Kier molecular flexibility index (Phi) is 7.05. The second kappa shape index (κ2) is 10.1. The fourth-order valence-electron chi connectivity index (χ4n) is 2.79. The van der Waals surface area contributed by atoms with Crippen LogP contribution in [-0.4, -0.2) is 18.4 Å². The van der Waals surface area contributed by atoms with Crippen LogP contribution in [0.3, 0.4) is 0 Å². The van der Waals surface area contributed by atoms with Gasteiger partial charge in [-0.2, -0.15) is 0 Å². The summed E-state index contributed by atoms with van der Waals surface area (Å²) in [6.07, 6.45) is 0.398. The van der Waals surface area contributed by atoms with Gasteiger partial charge < -0.3 is 20.7 Å². The van der Waals surface area contributed by atoms with Gasteiger partial charge in [-0.25, -0.2) is 0 Å². The summed E-state index contributed by atoms with van der Waals surface area (Å²) in [7, 11) is 0. The maximum absolute atomic E-state index is 12.4. The van der Waals surface area contributed by atoms with Crippen molar-refractivity contribution in [3.05, 3.63) is 78.4 Å². The third-order valence-corrected chi connectivity index (χ3v) is 4.49. The van der Waals surface area contributed by atoms with Crippen LogP contribution in [-0.2, 0) is 9.59 Å². The highest BCUT2D eigenvalue weighted by Gasteiger charge is 2.09. The Morgan fingerprint density at radius 1 is 0.767 bits per heavy atom. The maximum atomic E-state index is 12.4. The van der Waals surface area contributed by atoms with E-state index < -0.39 is 0 Å². The van der Waals surface area contributed by atoms with Crippen LogP contribution in [0.15, 0.2) is 72.8 Å². The van der Waals surface area contributed by atoms with Gasteiger partial charge in [-0.1, -0.05) is 31.2 Å². The largest absolute Gasteiger partial charge is 0.457 e. The molecule has 3 aromatic rings. The number of amides is 2. The van der Waals surface area contributed by atoms with E-state index in [0.29, 0.717) is 17.8 Å². The molecule has 0 aliphatic carbocycles. The fraction of sp³-hybridized carbons (Fsp3) is 0.167. The van der Waals surface area contributed by atoms with Gasteiger partial charge >= 0.3 is 0 Å². The second-order valence-electron chi connectivity index (χ2n) is 6.72. The van der Waals surface area contributed by atoms with Gasteiger partial charge in [-0.15, -0.1) is 0 Å². The number of para-hydroxylation sites is 1. The first-order valence-electron chi connectivity index (χ1n) is 9.81. The first-order chi connectivity index (χ1) is 14.5. The average Bonchev–Trinajstić information content (AvgIpc) is 2.76. The number of benzene rings is 3. The predicted molar refractivity (Wildman–Crippen MR) is 120 cm³/mol. The Labute approximate surface area is 176 Å². The lowest BCUT2D eigenvalue weighted by molar-refractivity contribution is -0.116. The molecule has 2 amide bonds. The molecule has 0 aliphatic rings. The highest BCUT2D eigenvalue weighted by atomic mass is 16.5. The van der Waals surface area contributed by atoms with Crippen LogP contribution >= 0.6 is 0 Å². The standard InChI is InChI=1S/C24H25N3O3/c1-3-23(28)26-21-10-7-11-22(17(21)2)27-24(29)16-25-18-12-14-20(15-13-18)30-19-8-5-4-6-9-19/h4-15,25H,3,16H2,1-2H3,(H,26,28)(H,27,29). The van der Waals surface area contributed by atoms with Crippen molar-refractivity contribution in [2.75, 3.05) is 22.5 Å². The highest BCUT2D eigenvalue weighted by molar-refractivity contribution is 5.97. The SMILES string of the molecule is CCC(=O)Nc1cccc(NC(=O)CNc2ccc(Oc3ccccc3)cc2)c1C. The van der Waals surface area contributed by atoms with Gasteiger partial charge in [-0.3, -0.25) is 9.59 Å². The number of ether oxygens (including phenoxy) is 1. The number of anilines is 3. The number of hydrogen-bond acceptors (Lipinski definition) is 4. The van der Waals surface area contributed by atoms with Gasteiger partial charge in [0.15, 0.2) is 0 Å². The summed E-state index contributed by atoms with van der Waals surface area (Å²) in [5.74, 6) is 1.24. The summed E-state index contributed by atoms with van der Waals surface area (Å²) >= 11 is 0. The van der Waals surface area contributed by atoms with E-state index >= 15 is 0 Å². The van der Waals surface area contributed by atoms with E-state index in [1.54, 1.807) is 13.0 Å². The van der Waals surface area contributed by atoms with Gasteiger partial charge in [0.25, 0.3) is 0 Å². The Balaban J connectivity index is 1.53. The quantitative estimate of drug-likeness (QED) is 0.484. The van der Waals surface area contributed by atoms with Crippen molar-refractivity contribution in [3.8, 4) is 11.5 Å². The monoisotopic (exact) mass is 403 g/mol. The zero-order chi connectivity index (χ0) is 21.3. The zero-order valence-electron chi connectivity index (χ0n) is 17.1. The third-order valence-electron chi connectivity index (χ3n) is 4.49. The fourth-order valence-corrected chi connectivity index (χ4v) is 2.79. The van der Waals surface area contributed by atoms with E-state index in [9.17, 15) is 9.59 Å². The summed E-state index contributed by atoms with van der Waals surface area (Å²) in [4.78, 5) is 24.0. The number of carbonyl (C=O) groups is 2. The average molecular weight is 403 g/mol. The smallest absolute Gasteiger partial charge is 0.243 e. The predicted octanol–water partition coefficient (Wildman–Crippen LogP) is 5.19. The van der Waals surface area contributed by atoms with Crippen LogP contribution < -0.4 is 20.7 Å². The highest BCUT2D eigenvalue weighted by Crippen LogP contribution is 2.24. The summed E-state index contributed by atoms with van der Waals surface area (Å²) in [6.45, 7) is 3.77. The van der Waals surface area contributed by atoms with Crippen LogP contribution in [0.25, 0.3) is 0 Å². The third kappa shape index (κ3) is 5.85. The minimum absolute atomic E-state index is 0.0667. The number of rotatable bonds is 8. The minimum Gasteiger partial charge on any atom is -0.457 e. The van der Waals surface area contributed by atoms with Crippen molar-refractivity contribution in [3.63, 3.8) is 0 Å². The molecule has 3 aromatic carbocycles. The molecule has 0 aliphatic heterocycles. The molecule has 3 rings (SSSR count). The van der Waals surface area contributed by atoms with E-state index in [4.69, 9.17) is 4.74 Å². The van der Waals surface area contributed by atoms with Gasteiger partial charge in [0.05, 0.1) is 6.54 Å². The molecule has 30 heavy (non-hydrogen) atoms. The molecule has 154 valence electrons. The Hall–Kier alpha value is -3.80.